The molecule has 0 N–H and O–H groups in total. The van der Waals surface area contributed by atoms with Gasteiger partial charge >= 0.3 is 5.97 Å². The van der Waals surface area contributed by atoms with Crippen LogP contribution in [0.3, 0.4) is 0 Å². The van der Waals surface area contributed by atoms with Crippen molar-refractivity contribution >= 4 is 17.7 Å². The number of ether oxygens (including phenoxy) is 1. The summed E-state index contributed by atoms with van der Waals surface area (Å²) in [6.45, 7) is 3.55. The number of rotatable bonds is 6. The Kier molecular flexibility index (Phi) is 7.03. The van der Waals surface area contributed by atoms with Gasteiger partial charge in [0.05, 0.1) is 11.1 Å². The Balaban J connectivity index is 1.69. The minimum Gasteiger partial charge on any atom is -0.454 e. The Morgan fingerprint density at radius 1 is 0.933 bits per heavy atom. The van der Waals surface area contributed by atoms with Crippen LogP contribution in [0.15, 0.2) is 42.5 Å². The van der Waals surface area contributed by atoms with Crippen LogP contribution in [-0.4, -0.2) is 42.3 Å². The third-order valence-corrected chi connectivity index (χ3v) is 5.98. The molecule has 0 aromatic heterocycles. The van der Waals surface area contributed by atoms with E-state index in [2.05, 4.69) is 0 Å². The Bertz CT molecular complexity index is 944. The Labute approximate surface area is 178 Å². The highest BCUT2D eigenvalue weighted by Crippen LogP contribution is 2.24. The lowest BCUT2D eigenvalue weighted by Crippen LogP contribution is -2.39. The summed E-state index contributed by atoms with van der Waals surface area (Å²) in [6.07, 6.45) is 5.41. The van der Waals surface area contributed by atoms with E-state index in [4.69, 9.17) is 4.74 Å². The molecule has 2 aromatic carbocycles. The van der Waals surface area contributed by atoms with Crippen molar-refractivity contribution in [3.63, 3.8) is 0 Å². The minimum atomic E-state index is -0.659. The molecule has 1 amide bonds. The molecular weight excluding hydrogens is 378 g/mol. The van der Waals surface area contributed by atoms with Gasteiger partial charge in [-0.1, -0.05) is 43.5 Å². The predicted octanol–water partition coefficient (Wildman–Crippen LogP) is 4.75. The molecular formula is C25H29NO4. The van der Waals surface area contributed by atoms with E-state index in [0.29, 0.717) is 11.1 Å². The van der Waals surface area contributed by atoms with Crippen LogP contribution in [-0.2, 0) is 4.74 Å². The number of aryl methyl sites for hydroxylation is 2. The highest BCUT2D eigenvalue weighted by atomic mass is 16.5. The Morgan fingerprint density at radius 2 is 1.60 bits per heavy atom. The standard InChI is InChI=1S/C25H29NO4/c1-17-13-14-19(15-18(17)2)23(27)16-30-25(29)22-12-8-7-11-21(22)24(28)26(3)20-9-5-4-6-10-20/h7-8,11-15,20H,4-6,9-10,16H2,1-3H3. The number of carbonyl (C=O) groups is 3. The van der Waals surface area contributed by atoms with E-state index >= 15 is 0 Å². The maximum atomic E-state index is 13.0. The second-order valence-electron chi connectivity index (χ2n) is 8.05. The van der Waals surface area contributed by atoms with Crippen molar-refractivity contribution in [1.82, 2.24) is 4.90 Å². The van der Waals surface area contributed by atoms with Crippen LogP contribution in [0.4, 0.5) is 0 Å². The summed E-state index contributed by atoms with van der Waals surface area (Å²) in [6, 6.07) is 12.2. The number of carbonyl (C=O) groups excluding carboxylic acids is 3. The zero-order valence-corrected chi connectivity index (χ0v) is 17.9. The van der Waals surface area contributed by atoms with Gasteiger partial charge in [-0.15, -0.1) is 0 Å². The summed E-state index contributed by atoms with van der Waals surface area (Å²) in [5, 5.41) is 0. The minimum absolute atomic E-state index is 0.185. The molecule has 1 aliphatic carbocycles. The molecule has 0 radical (unpaired) electrons. The van der Waals surface area contributed by atoms with Crippen LogP contribution in [0.2, 0.25) is 0 Å². The van der Waals surface area contributed by atoms with Crippen molar-refractivity contribution in [2.24, 2.45) is 0 Å². The van der Waals surface area contributed by atoms with Crippen molar-refractivity contribution in [3.05, 3.63) is 70.3 Å². The highest BCUT2D eigenvalue weighted by molar-refractivity contribution is 6.06. The largest absolute Gasteiger partial charge is 0.454 e. The van der Waals surface area contributed by atoms with E-state index in [1.54, 1.807) is 48.3 Å². The first kappa shape index (κ1) is 21.8. The zero-order valence-electron chi connectivity index (χ0n) is 17.9. The molecule has 0 aliphatic heterocycles. The smallest absolute Gasteiger partial charge is 0.339 e. The Morgan fingerprint density at radius 3 is 2.27 bits per heavy atom. The first-order valence-corrected chi connectivity index (χ1v) is 10.5. The lowest BCUT2D eigenvalue weighted by molar-refractivity contribution is 0.0468. The fraction of sp³-hybridized carbons (Fsp3) is 0.400. The van der Waals surface area contributed by atoms with E-state index in [-0.39, 0.29) is 29.9 Å². The molecule has 1 saturated carbocycles. The summed E-state index contributed by atoms with van der Waals surface area (Å²) in [5.41, 5.74) is 3.12. The molecule has 1 fully saturated rings. The van der Waals surface area contributed by atoms with E-state index < -0.39 is 5.97 Å². The molecule has 0 atom stereocenters. The van der Waals surface area contributed by atoms with E-state index in [0.717, 1.165) is 36.8 Å². The second-order valence-corrected chi connectivity index (χ2v) is 8.05. The number of esters is 1. The lowest BCUT2D eigenvalue weighted by atomic mass is 9.94. The number of hydrogen-bond donors (Lipinski definition) is 0. The summed E-state index contributed by atoms with van der Waals surface area (Å²) in [5.74, 6) is -1.11. The topological polar surface area (TPSA) is 63.7 Å². The summed E-state index contributed by atoms with van der Waals surface area (Å²) in [4.78, 5) is 39.9. The molecule has 158 valence electrons. The molecule has 0 unspecified atom stereocenters. The Hall–Kier alpha value is -2.95. The van der Waals surface area contributed by atoms with Crippen molar-refractivity contribution in [2.75, 3.05) is 13.7 Å². The molecule has 0 saturated heterocycles. The van der Waals surface area contributed by atoms with Crippen LogP contribution < -0.4 is 0 Å². The number of amides is 1. The van der Waals surface area contributed by atoms with Crippen molar-refractivity contribution in [2.45, 2.75) is 52.0 Å². The quantitative estimate of drug-likeness (QED) is 0.512. The van der Waals surface area contributed by atoms with Crippen LogP contribution >= 0.6 is 0 Å². The molecule has 1 aliphatic rings. The number of ketones is 1. The fourth-order valence-corrected chi connectivity index (χ4v) is 3.88. The molecule has 3 rings (SSSR count). The van der Waals surface area contributed by atoms with Gasteiger partial charge in [0.1, 0.15) is 0 Å². The van der Waals surface area contributed by atoms with Crippen LogP contribution in [0.1, 0.15) is 74.3 Å². The highest BCUT2D eigenvalue weighted by Gasteiger charge is 2.26. The fourth-order valence-electron chi connectivity index (χ4n) is 3.88. The van der Waals surface area contributed by atoms with Gasteiger partial charge in [-0.2, -0.15) is 0 Å². The zero-order chi connectivity index (χ0) is 21.7. The van der Waals surface area contributed by atoms with Gasteiger partial charge < -0.3 is 9.64 Å². The van der Waals surface area contributed by atoms with Gasteiger partial charge in [0, 0.05) is 18.7 Å². The summed E-state index contributed by atoms with van der Waals surface area (Å²) in [7, 11) is 1.80. The monoisotopic (exact) mass is 407 g/mol. The normalized spacial score (nSPS) is 14.2. The number of benzene rings is 2. The summed E-state index contributed by atoms with van der Waals surface area (Å²) < 4.78 is 5.27. The van der Waals surface area contributed by atoms with Crippen molar-refractivity contribution in [3.8, 4) is 0 Å². The van der Waals surface area contributed by atoms with Gasteiger partial charge in [0.2, 0.25) is 0 Å². The van der Waals surface area contributed by atoms with Crippen molar-refractivity contribution < 1.29 is 19.1 Å². The van der Waals surface area contributed by atoms with Gasteiger partial charge in [0.25, 0.3) is 5.91 Å². The predicted molar refractivity (Wildman–Crippen MR) is 116 cm³/mol. The number of hydrogen-bond acceptors (Lipinski definition) is 4. The molecule has 5 nitrogen and oxygen atoms in total. The van der Waals surface area contributed by atoms with Gasteiger partial charge in [-0.3, -0.25) is 9.59 Å². The molecule has 0 bridgehead atoms. The first-order valence-electron chi connectivity index (χ1n) is 10.5. The van der Waals surface area contributed by atoms with Crippen LogP contribution in [0.5, 0.6) is 0 Å². The number of Topliss-reactive ketones (excluding diaryl/α,β-unsaturated/α-hetero) is 1. The molecule has 30 heavy (non-hydrogen) atoms. The SMILES string of the molecule is Cc1ccc(C(=O)COC(=O)c2ccccc2C(=O)N(C)C2CCCCC2)cc1C. The lowest BCUT2D eigenvalue weighted by Gasteiger charge is -2.31. The third kappa shape index (κ3) is 4.96. The average Bonchev–Trinajstić information content (AvgIpc) is 2.78. The molecule has 0 spiro atoms. The third-order valence-electron chi connectivity index (χ3n) is 5.98. The van der Waals surface area contributed by atoms with E-state index in [1.807, 2.05) is 19.9 Å². The maximum Gasteiger partial charge on any atom is 0.339 e. The first-order chi connectivity index (χ1) is 14.4. The molecule has 5 heteroatoms. The second kappa shape index (κ2) is 9.70. The molecule has 2 aromatic rings. The molecule has 0 heterocycles. The van der Waals surface area contributed by atoms with Gasteiger partial charge in [0.15, 0.2) is 12.4 Å². The number of nitrogens with zero attached hydrogens (tertiary/aromatic N) is 1. The van der Waals surface area contributed by atoms with Crippen LogP contribution in [0, 0.1) is 13.8 Å². The van der Waals surface area contributed by atoms with Gasteiger partial charge in [-0.25, -0.2) is 4.79 Å². The van der Waals surface area contributed by atoms with E-state index in [1.165, 1.54) is 6.42 Å². The summed E-state index contributed by atoms with van der Waals surface area (Å²) >= 11 is 0. The van der Waals surface area contributed by atoms with E-state index in [9.17, 15) is 14.4 Å². The van der Waals surface area contributed by atoms with Gasteiger partial charge in [-0.05, 0) is 56.0 Å². The van der Waals surface area contributed by atoms with Crippen LogP contribution in [0.25, 0.3) is 0 Å². The van der Waals surface area contributed by atoms with Crippen molar-refractivity contribution in [1.29, 1.82) is 0 Å². The maximum absolute atomic E-state index is 13.0. The average molecular weight is 408 g/mol.